The molecule has 290 valence electrons. The number of ether oxygens (including phenoxy) is 8. The van der Waals surface area contributed by atoms with Gasteiger partial charge in [0.1, 0.15) is 53.2 Å². The summed E-state index contributed by atoms with van der Waals surface area (Å²) >= 11 is 0. The van der Waals surface area contributed by atoms with E-state index < -0.39 is 45.9 Å². The van der Waals surface area contributed by atoms with Gasteiger partial charge in [-0.05, 0) is 53.1 Å². The standard InChI is InChI=1S/C40H46O12S2/c1-44-32-15-9-28(10-16-32)21-47-25-38-39(49-23-30-13-19-34(46-3)20-14-30)37(48-22-29-11-17-33(45-2)18-12-29)27-53(38)26-36-35(52-54(41,42)43)24-50-40(51-36)31-7-5-4-6-8-31/h4-20,35-40H,21-27H2,1-3H3/t35-,36+,37-,38+,39-,40?,53?/m0/s1. The maximum Gasteiger partial charge on any atom is 0.218 e. The maximum absolute atomic E-state index is 11.9. The molecule has 0 radical (unpaired) electrons. The molecule has 6 rings (SSSR count). The minimum Gasteiger partial charge on any atom is -0.726 e. The van der Waals surface area contributed by atoms with Gasteiger partial charge in [-0.2, -0.15) is 0 Å². The molecule has 0 bridgehead atoms. The van der Waals surface area contributed by atoms with Gasteiger partial charge >= 0.3 is 0 Å². The topological polar surface area (TPSA) is 140 Å². The van der Waals surface area contributed by atoms with Crippen LogP contribution in [0.2, 0.25) is 0 Å². The Morgan fingerprint density at radius 3 is 1.78 bits per heavy atom. The second-order valence-corrected chi connectivity index (χ2v) is 16.2. The summed E-state index contributed by atoms with van der Waals surface area (Å²) in [4.78, 5) is 0. The first-order chi connectivity index (χ1) is 26.2. The molecular weight excluding hydrogens is 737 g/mol. The molecule has 2 unspecified atom stereocenters. The van der Waals surface area contributed by atoms with Crippen molar-refractivity contribution in [3.05, 3.63) is 125 Å². The van der Waals surface area contributed by atoms with Crippen molar-refractivity contribution in [3.8, 4) is 17.2 Å². The van der Waals surface area contributed by atoms with Gasteiger partial charge in [0.15, 0.2) is 11.5 Å². The predicted molar refractivity (Wildman–Crippen MR) is 201 cm³/mol. The van der Waals surface area contributed by atoms with E-state index in [1.54, 1.807) is 21.3 Å². The molecule has 7 atom stereocenters. The highest BCUT2D eigenvalue weighted by Gasteiger charge is 2.55. The predicted octanol–water partition coefficient (Wildman–Crippen LogP) is 5.36. The molecule has 54 heavy (non-hydrogen) atoms. The molecule has 2 fully saturated rings. The van der Waals surface area contributed by atoms with Gasteiger partial charge in [0.25, 0.3) is 0 Å². The first kappa shape index (κ1) is 40.0. The summed E-state index contributed by atoms with van der Waals surface area (Å²) in [6.45, 7) is 1.17. The van der Waals surface area contributed by atoms with Crippen LogP contribution in [-0.2, 0) is 69.0 Å². The lowest BCUT2D eigenvalue weighted by Gasteiger charge is -2.36. The summed E-state index contributed by atoms with van der Waals surface area (Å²) in [5.41, 5.74) is 3.67. The van der Waals surface area contributed by atoms with Crippen LogP contribution in [0.15, 0.2) is 103 Å². The Bertz CT molecular complexity index is 1830. The number of hydrogen-bond donors (Lipinski definition) is 0. The summed E-state index contributed by atoms with van der Waals surface area (Å²) in [6.07, 6.45) is -3.46. The number of hydrogen-bond acceptors (Lipinski definition) is 12. The smallest absolute Gasteiger partial charge is 0.218 e. The zero-order valence-corrected chi connectivity index (χ0v) is 32.1. The molecule has 4 aromatic carbocycles. The van der Waals surface area contributed by atoms with Gasteiger partial charge in [-0.3, -0.25) is 4.18 Å². The van der Waals surface area contributed by atoms with E-state index in [1.807, 2.05) is 103 Å². The largest absolute Gasteiger partial charge is 0.726 e. The Hall–Kier alpha value is -3.70. The molecule has 0 spiro atoms. The monoisotopic (exact) mass is 782 g/mol. The minimum atomic E-state index is -5.05. The molecule has 2 heterocycles. The molecule has 0 saturated carbocycles. The second kappa shape index (κ2) is 19.2. The average molecular weight is 783 g/mol. The van der Waals surface area contributed by atoms with Crippen LogP contribution >= 0.6 is 0 Å². The Balaban J connectivity index is 1.27. The molecule has 0 N–H and O–H groups in total. The van der Waals surface area contributed by atoms with Gasteiger partial charge in [-0.15, -0.1) is 0 Å². The molecule has 0 aromatic heterocycles. The Morgan fingerprint density at radius 2 is 1.24 bits per heavy atom. The normalized spacial score (nSPS) is 24.3. The lowest BCUT2D eigenvalue weighted by molar-refractivity contribution is -0.245. The lowest BCUT2D eigenvalue weighted by Crippen LogP contribution is -2.48. The third kappa shape index (κ3) is 11.2. The second-order valence-electron chi connectivity index (χ2n) is 12.9. The van der Waals surface area contributed by atoms with E-state index in [-0.39, 0.29) is 18.0 Å². The number of methoxy groups -OCH3 is 3. The Kier molecular flexibility index (Phi) is 14.2. The van der Waals surface area contributed by atoms with Crippen LogP contribution in [-0.4, -0.2) is 88.7 Å². The van der Waals surface area contributed by atoms with Crippen molar-refractivity contribution >= 4 is 21.3 Å². The zero-order chi connectivity index (χ0) is 37.9. The van der Waals surface area contributed by atoms with E-state index in [1.165, 1.54) is 0 Å². The van der Waals surface area contributed by atoms with Crippen molar-refractivity contribution in [3.63, 3.8) is 0 Å². The van der Waals surface area contributed by atoms with Gasteiger partial charge < -0.3 is 42.4 Å². The maximum atomic E-state index is 11.9. The van der Waals surface area contributed by atoms with Crippen molar-refractivity contribution in [1.29, 1.82) is 0 Å². The van der Waals surface area contributed by atoms with E-state index in [0.717, 1.165) is 39.5 Å². The molecule has 12 nitrogen and oxygen atoms in total. The van der Waals surface area contributed by atoms with Crippen LogP contribution < -0.4 is 14.2 Å². The van der Waals surface area contributed by atoms with Crippen LogP contribution in [0.3, 0.4) is 0 Å². The van der Waals surface area contributed by atoms with E-state index in [2.05, 4.69) is 0 Å². The van der Waals surface area contributed by atoms with Crippen molar-refractivity contribution in [1.82, 2.24) is 0 Å². The average Bonchev–Trinajstić information content (AvgIpc) is 3.52. The van der Waals surface area contributed by atoms with Gasteiger partial charge in [0.2, 0.25) is 10.4 Å². The lowest BCUT2D eigenvalue weighted by atomic mass is 10.1. The summed E-state index contributed by atoms with van der Waals surface area (Å²) in [5.74, 6) is 3.18. The van der Waals surface area contributed by atoms with Crippen molar-refractivity contribution in [2.75, 3.05) is 46.0 Å². The van der Waals surface area contributed by atoms with Crippen molar-refractivity contribution < 1.29 is 55.0 Å². The summed E-state index contributed by atoms with van der Waals surface area (Å²) in [5, 5.41) is -0.187. The summed E-state index contributed by atoms with van der Waals surface area (Å²) < 4.78 is 88.7. The summed E-state index contributed by atoms with van der Waals surface area (Å²) in [6, 6.07) is 32.4. The Labute approximate surface area is 319 Å². The Morgan fingerprint density at radius 1 is 0.704 bits per heavy atom. The fourth-order valence-electron chi connectivity index (χ4n) is 6.41. The third-order valence-corrected chi connectivity index (χ3v) is 12.5. The van der Waals surface area contributed by atoms with Crippen molar-refractivity contribution in [2.24, 2.45) is 0 Å². The highest BCUT2D eigenvalue weighted by molar-refractivity contribution is 7.97. The highest BCUT2D eigenvalue weighted by atomic mass is 32.3. The van der Waals surface area contributed by atoms with Crippen LogP contribution in [0.4, 0.5) is 0 Å². The first-order valence-electron chi connectivity index (χ1n) is 17.5. The van der Waals surface area contributed by atoms with Gasteiger partial charge in [-0.25, -0.2) is 8.42 Å². The van der Waals surface area contributed by atoms with Crippen LogP contribution in [0.1, 0.15) is 28.5 Å². The summed E-state index contributed by atoms with van der Waals surface area (Å²) in [7, 11) is -0.707. The highest BCUT2D eigenvalue weighted by Crippen LogP contribution is 2.35. The van der Waals surface area contributed by atoms with Gasteiger partial charge in [0.05, 0.1) is 54.4 Å². The van der Waals surface area contributed by atoms with Gasteiger partial charge in [0, 0.05) is 16.5 Å². The minimum absolute atomic E-state index is 0.143. The molecule has 2 saturated heterocycles. The van der Waals surface area contributed by atoms with E-state index in [9.17, 15) is 13.0 Å². The fraction of sp³-hybridized carbons (Fsp3) is 0.400. The number of benzene rings is 4. The number of rotatable bonds is 18. The quantitative estimate of drug-likeness (QED) is 0.0730. The van der Waals surface area contributed by atoms with Crippen molar-refractivity contribution in [2.45, 2.75) is 55.8 Å². The third-order valence-electron chi connectivity index (χ3n) is 9.29. The van der Waals surface area contributed by atoms with Crippen LogP contribution in [0, 0.1) is 0 Å². The van der Waals surface area contributed by atoms with Crippen LogP contribution in [0.25, 0.3) is 0 Å². The zero-order valence-electron chi connectivity index (χ0n) is 30.4. The van der Waals surface area contributed by atoms with E-state index in [4.69, 9.17) is 42.1 Å². The molecule has 4 aromatic rings. The molecule has 14 heteroatoms. The molecular formula is C40H46O12S2. The molecule has 2 aliphatic rings. The molecule has 0 amide bonds. The van der Waals surface area contributed by atoms with E-state index >= 15 is 0 Å². The van der Waals surface area contributed by atoms with Crippen LogP contribution in [0.5, 0.6) is 17.2 Å². The molecule has 2 aliphatic heterocycles. The molecule has 0 aliphatic carbocycles. The van der Waals surface area contributed by atoms with E-state index in [0.29, 0.717) is 37.9 Å². The SMILES string of the molecule is COc1ccc(COC[C@@H]2[C@@H](OCc3ccc(OC)cc3)[C@@H](OCc3ccc(OC)cc3)C[S+]2C[C@H]2OC(c3ccccc3)OC[C@@H]2OS(=O)(=O)[O-])cc1. The fourth-order valence-corrected chi connectivity index (χ4v) is 9.87. The first-order valence-corrected chi connectivity index (χ1v) is 20.5. The van der Waals surface area contributed by atoms with Gasteiger partial charge in [-0.1, -0.05) is 66.7 Å².